The van der Waals surface area contributed by atoms with E-state index in [0.717, 1.165) is 18.7 Å². The third-order valence-electron chi connectivity index (χ3n) is 1.49. The highest BCUT2D eigenvalue weighted by Crippen LogP contribution is 2.23. The van der Waals surface area contributed by atoms with Crippen LogP contribution < -0.4 is 0 Å². The number of oxime groups is 1. The second-order valence-electron chi connectivity index (χ2n) is 2.86. The molecule has 12 heavy (non-hydrogen) atoms. The van der Waals surface area contributed by atoms with E-state index >= 15 is 0 Å². The lowest BCUT2D eigenvalue weighted by Crippen LogP contribution is -2.23. The maximum absolute atomic E-state index is 8.28. The highest BCUT2D eigenvalue weighted by Gasteiger charge is 2.20. The number of aliphatic imine (C=N–C) groups is 1. The summed E-state index contributed by atoms with van der Waals surface area (Å²) in [6.07, 6.45) is 3.69. The van der Waals surface area contributed by atoms with Crippen molar-refractivity contribution >= 4 is 24.5 Å². The van der Waals surface area contributed by atoms with Gasteiger partial charge in [0.2, 0.25) is 0 Å². The molecular formula is C7H14ClN3O. The third-order valence-corrected chi connectivity index (χ3v) is 1.49. The molecule has 0 bridgehead atoms. The maximum Gasteiger partial charge on any atom is 0.145 e. The minimum Gasteiger partial charge on any atom is -0.411 e. The number of hydrogen-bond acceptors (Lipinski definition) is 3. The van der Waals surface area contributed by atoms with Crippen LogP contribution in [-0.2, 0) is 0 Å². The molecule has 5 heteroatoms. The highest BCUT2D eigenvalue weighted by molar-refractivity contribution is 6.29. The first-order valence-corrected chi connectivity index (χ1v) is 3.66. The summed E-state index contributed by atoms with van der Waals surface area (Å²) in [6.45, 7) is 0. The summed E-state index contributed by atoms with van der Waals surface area (Å²) < 4.78 is 0. The predicted octanol–water partition coefficient (Wildman–Crippen LogP) is 0.991. The zero-order valence-electron chi connectivity index (χ0n) is 7.27. The molecule has 70 valence electrons. The molecule has 0 spiro atoms. The second-order valence-corrected chi connectivity index (χ2v) is 2.86. The molecule has 1 aliphatic carbocycles. The Labute approximate surface area is 78.4 Å². The van der Waals surface area contributed by atoms with Gasteiger partial charge in [-0.15, -0.1) is 12.4 Å². The van der Waals surface area contributed by atoms with Gasteiger partial charge in [-0.05, 0) is 12.8 Å². The monoisotopic (exact) mass is 191 g/mol. The minimum absolute atomic E-state index is 0. The van der Waals surface area contributed by atoms with Gasteiger partial charge in [-0.3, -0.25) is 4.99 Å². The number of hydrogen-bond donors (Lipinski definition) is 1. The van der Waals surface area contributed by atoms with Crippen LogP contribution in [0.3, 0.4) is 0 Å². The van der Waals surface area contributed by atoms with Gasteiger partial charge < -0.3 is 10.1 Å². The molecule has 1 aliphatic rings. The Hall–Kier alpha value is -0.770. The Bertz CT molecular complexity index is 187. The average Bonchev–Trinajstić information content (AvgIpc) is 2.70. The minimum atomic E-state index is 0. The zero-order chi connectivity index (χ0) is 8.27. The van der Waals surface area contributed by atoms with Crippen molar-refractivity contribution in [3.05, 3.63) is 0 Å². The summed E-state index contributed by atoms with van der Waals surface area (Å²) in [7, 11) is 3.76. The van der Waals surface area contributed by atoms with Gasteiger partial charge in [0, 0.05) is 14.1 Å². The molecule has 0 heterocycles. The maximum atomic E-state index is 8.28. The first-order chi connectivity index (χ1) is 5.24. The Kier molecular flexibility index (Phi) is 4.66. The molecule has 0 atom stereocenters. The summed E-state index contributed by atoms with van der Waals surface area (Å²) in [4.78, 5) is 6.14. The van der Waals surface area contributed by atoms with E-state index in [1.165, 1.54) is 6.21 Å². The summed E-state index contributed by atoms with van der Waals surface area (Å²) in [5.41, 5.74) is 0. The molecule has 1 saturated carbocycles. The molecule has 0 aliphatic heterocycles. The van der Waals surface area contributed by atoms with Gasteiger partial charge >= 0.3 is 0 Å². The van der Waals surface area contributed by atoms with Crippen molar-refractivity contribution in [1.82, 2.24) is 4.90 Å². The van der Waals surface area contributed by atoms with E-state index in [1.54, 1.807) is 0 Å². The van der Waals surface area contributed by atoms with Crippen molar-refractivity contribution in [3.63, 3.8) is 0 Å². The van der Waals surface area contributed by atoms with E-state index in [4.69, 9.17) is 5.21 Å². The molecule has 0 radical (unpaired) electrons. The van der Waals surface area contributed by atoms with Crippen LogP contribution >= 0.6 is 12.4 Å². The van der Waals surface area contributed by atoms with Gasteiger partial charge in [0.25, 0.3) is 0 Å². The van der Waals surface area contributed by atoms with E-state index in [9.17, 15) is 0 Å². The average molecular weight is 192 g/mol. The van der Waals surface area contributed by atoms with Crippen molar-refractivity contribution in [2.24, 2.45) is 10.1 Å². The molecule has 0 amide bonds. The van der Waals surface area contributed by atoms with E-state index in [0.29, 0.717) is 6.04 Å². The topological polar surface area (TPSA) is 48.2 Å². The Morgan fingerprint density at radius 3 is 2.42 bits per heavy atom. The molecule has 0 saturated heterocycles. The standard InChI is InChI=1S/C7H13N3O.ClH/c1-10(2)7(5-8-11)9-6-3-4-6;/h5-6,11H,3-4H2,1-2H3;1H/b8-5+,9-7?;. The Morgan fingerprint density at radius 1 is 1.50 bits per heavy atom. The fourth-order valence-electron chi connectivity index (χ4n) is 0.707. The van der Waals surface area contributed by atoms with Crippen LogP contribution in [0.1, 0.15) is 12.8 Å². The number of rotatable bonds is 2. The molecule has 4 nitrogen and oxygen atoms in total. The number of amidine groups is 1. The SMILES string of the molecule is CN(C)C(/C=N/O)=NC1CC1.Cl. The number of nitrogens with zero attached hydrogens (tertiary/aromatic N) is 3. The van der Waals surface area contributed by atoms with Gasteiger partial charge in [0.15, 0.2) is 0 Å². The lowest BCUT2D eigenvalue weighted by molar-refractivity contribution is 0.322. The van der Waals surface area contributed by atoms with E-state index < -0.39 is 0 Å². The smallest absolute Gasteiger partial charge is 0.145 e. The molecule has 1 N–H and O–H groups in total. The molecule has 0 aromatic heterocycles. The molecule has 1 fully saturated rings. The summed E-state index contributed by atoms with van der Waals surface area (Å²) >= 11 is 0. The number of halogens is 1. The van der Waals surface area contributed by atoms with E-state index in [2.05, 4.69) is 10.1 Å². The molecule has 0 aromatic carbocycles. The van der Waals surface area contributed by atoms with Crippen molar-refractivity contribution in [3.8, 4) is 0 Å². The first-order valence-electron chi connectivity index (χ1n) is 3.66. The van der Waals surface area contributed by atoms with Crippen LogP contribution in [0.2, 0.25) is 0 Å². The van der Waals surface area contributed by atoms with Crippen LogP contribution in [-0.4, -0.2) is 42.3 Å². The van der Waals surface area contributed by atoms with Crippen LogP contribution in [0.4, 0.5) is 0 Å². The van der Waals surface area contributed by atoms with Crippen molar-refractivity contribution in [1.29, 1.82) is 0 Å². The molecule has 1 rings (SSSR count). The first kappa shape index (κ1) is 11.2. The van der Waals surface area contributed by atoms with Crippen LogP contribution in [0.25, 0.3) is 0 Å². The quantitative estimate of drug-likeness (QED) is 0.306. The van der Waals surface area contributed by atoms with Gasteiger partial charge in [-0.25, -0.2) is 0 Å². The molecule has 0 unspecified atom stereocenters. The van der Waals surface area contributed by atoms with Gasteiger partial charge in [-0.1, -0.05) is 5.16 Å². The molecular weight excluding hydrogens is 178 g/mol. The van der Waals surface area contributed by atoms with Crippen LogP contribution in [0.5, 0.6) is 0 Å². The van der Waals surface area contributed by atoms with Crippen molar-refractivity contribution in [2.45, 2.75) is 18.9 Å². The van der Waals surface area contributed by atoms with Gasteiger partial charge in [0.05, 0.1) is 6.04 Å². The van der Waals surface area contributed by atoms with Crippen LogP contribution in [0.15, 0.2) is 10.1 Å². The Morgan fingerprint density at radius 2 is 2.08 bits per heavy atom. The van der Waals surface area contributed by atoms with Crippen LogP contribution in [0, 0.1) is 0 Å². The van der Waals surface area contributed by atoms with E-state index in [-0.39, 0.29) is 12.4 Å². The predicted molar refractivity (Wildman–Crippen MR) is 51.7 cm³/mol. The second kappa shape index (κ2) is 4.98. The largest absolute Gasteiger partial charge is 0.411 e. The summed E-state index contributed by atoms with van der Waals surface area (Å²) in [6, 6.07) is 0.463. The summed E-state index contributed by atoms with van der Waals surface area (Å²) in [5.74, 6) is 0.731. The van der Waals surface area contributed by atoms with Crippen molar-refractivity contribution < 1.29 is 5.21 Å². The van der Waals surface area contributed by atoms with E-state index in [1.807, 2.05) is 19.0 Å². The van der Waals surface area contributed by atoms with Gasteiger partial charge in [0.1, 0.15) is 12.1 Å². The lowest BCUT2D eigenvalue weighted by atomic mass is 10.5. The lowest BCUT2D eigenvalue weighted by Gasteiger charge is -2.10. The highest BCUT2D eigenvalue weighted by atomic mass is 35.5. The van der Waals surface area contributed by atoms with Crippen molar-refractivity contribution in [2.75, 3.05) is 14.1 Å². The zero-order valence-corrected chi connectivity index (χ0v) is 8.08. The fourth-order valence-corrected chi connectivity index (χ4v) is 0.707. The summed E-state index contributed by atoms with van der Waals surface area (Å²) in [5, 5.41) is 11.2. The normalized spacial score (nSPS) is 17.7. The Balaban J connectivity index is 0.00000121. The third kappa shape index (κ3) is 3.57. The fraction of sp³-hybridized carbons (Fsp3) is 0.714. The molecule has 0 aromatic rings. The van der Waals surface area contributed by atoms with Gasteiger partial charge in [-0.2, -0.15) is 0 Å².